The van der Waals surface area contributed by atoms with Crippen molar-refractivity contribution in [3.05, 3.63) is 22.7 Å². The van der Waals surface area contributed by atoms with Crippen molar-refractivity contribution < 1.29 is 0 Å². The standard InChI is InChI=1S/C8H10BrN3/c1-5(10)12-8-4-6(9)2-3-7(8)11/h2-4H,11H2,1H3,(H2,10,12). The van der Waals surface area contributed by atoms with E-state index in [2.05, 4.69) is 20.9 Å². The second kappa shape index (κ2) is 3.58. The van der Waals surface area contributed by atoms with E-state index in [9.17, 15) is 0 Å². The maximum absolute atomic E-state index is 5.65. The monoisotopic (exact) mass is 227 g/mol. The number of anilines is 1. The van der Waals surface area contributed by atoms with Crippen LogP contribution in [-0.2, 0) is 0 Å². The van der Waals surface area contributed by atoms with Crippen LogP contribution in [0.1, 0.15) is 6.92 Å². The Balaban J connectivity index is 3.14. The number of benzene rings is 1. The van der Waals surface area contributed by atoms with Crippen molar-refractivity contribution in [1.82, 2.24) is 0 Å². The molecule has 0 unspecified atom stereocenters. The zero-order chi connectivity index (χ0) is 9.14. The molecule has 0 heterocycles. The van der Waals surface area contributed by atoms with Gasteiger partial charge in [-0.25, -0.2) is 4.99 Å². The van der Waals surface area contributed by atoms with Crippen LogP contribution in [0.25, 0.3) is 0 Å². The summed E-state index contributed by atoms with van der Waals surface area (Å²) in [5, 5.41) is 0. The molecule has 0 fully saturated rings. The fourth-order valence-corrected chi connectivity index (χ4v) is 1.15. The van der Waals surface area contributed by atoms with Crippen LogP contribution in [0.5, 0.6) is 0 Å². The lowest BCUT2D eigenvalue weighted by Gasteiger charge is -2.00. The minimum Gasteiger partial charge on any atom is -0.397 e. The van der Waals surface area contributed by atoms with Crippen LogP contribution in [0.3, 0.4) is 0 Å². The van der Waals surface area contributed by atoms with Gasteiger partial charge in [0.2, 0.25) is 0 Å². The molecule has 0 radical (unpaired) electrons. The number of halogens is 1. The van der Waals surface area contributed by atoms with E-state index in [4.69, 9.17) is 11.5 Å². The molecular weight excluding hydrogens is 218 g/mol. The van der Waals surface area contributed by atoms with Crippen LogP contribution >= 0.6 is 15.9 Å². The molecule has 4 heteroatoms. The van der Waals surface area contributed by atoms with Gasteiger partial charge in [-0.05, 0) is 25.1 Å². The first-order valence-corrected chi connectivity index (χ1v) is 4.24. The summed E-state index contributed by atoms with van der Waals surface area (Å²) in [4.78, 5) is 4.06. The van der Waals surface area contributed by atoms with E-state index in [1.807, 2.05) is 12.1 Å². The number of hydrogen-bond donors (Lipinski definition) is 2. The summed E-state index contributed by atoms with van der Waals surface area (Å²) in [6.07, 6.45) is 0. The molecule has 0 aliphatic rings. The predicted molar refractivity (Wildman–Crippen MR) is 55.5 cm³/mol. The predicted octanol–water partition coefficient (Wildman–Crippen LogP) is 2.04. The largest absolute Gasteiger partial charge is 0.397 e. The summed E-state index contributed by atoms with van der Waals surface area (Å²) >= 11 is 3.32. The van der Waals surface area contributed by atoms with Crippen LogP contribution in [0, 0.1) is 0 Å². The van der Waals surface area contributed by atoms with E-state index in [1.165, 1.54) is 0 Å². The van der Waals surface area contributed by atoms with Crippen molar-refractivity contribution in [3.63, 3.8) is 0 Å². The van der Waals surface area contributed by atoms with E-state index in [-0.39, 0.29) is 0 Å². The van der Waals surface area contributed by atoms with E-state index in [0.29, 0.717) is 17.2 Å². The molecule has 0 aliphatic carbocycles. The van der Waals surface area contributed by atoms with Crippen molar-refractivity contribution >= 4 is 33.1 Å². The first-order valence-electron chi connectivity index (χ1n) is 3.45. The average Bonchev–Trinajstić information content (AvgIpc) is 1.96. The molecule has 1 aromatic carbocycles. The Kier molecular flexibility index (Phi) is 2.70. The molecule has 0 amide bonds. The third-order valence-corrected chi connectivity index (χ3v) is 1.78. The SMILES string of the molecule is CC(N)=Nc1cc(Br)ccc1N. The number of nitrogens with zero attached hydrogens (tertiary/aromatic N) is 1. The van der Waals surface area contributed by atoms with Gasteiger partial charge < -0.3 is 11.5 Å². The van der Waals surface area contributed by atoms with Gasteiger partial charge in [0.25, 0.3) is 0 Å². The fraction of sp³-hybridized carbons (Fsp3) is 0.125. The molecular formula is C8H10BrN3. The van der Waals surface area contributed by atoms with Crippen LogP contribution in [0.15, 0.2) is 27.7 Å². The number of nitrogens with two attached hydrogens (primary N) is 2. The molecule has 12 heavy (non-hydrogen) atoms. The Bertz CT molecular complexity index is 316. The van der Waals surface area contributed by atoms with Crippen molar-refractivity contribution in [2.45, 2.75) is 6.92 Å². The van der Waals surface area contributed by atoms with Gasteiger partial charge in [-0.2, -0.15) is 0 Å². The summed E-state index contributed by atoms with van der Waals surface area (Å²) in [6.45, 7) is 1.72. The quantitative estimate of drug-likeness (QED) is 0.438. The topological polar surface area (TPSA) is 64.4 Å². The Morgan fingerprint density at radius 2 is 2.17 bits per heavy atom. The smallest absolute Gasteiger partial charge is 0.0965 e. The molecule has 0 saturated heterocycles. The number of nitrogen functional groups attached to an aromatic ring is 1. The fourth-order valence-electron chi connectivity index (χ4n) is 0.804. The molecule has 0 saturated carbocycles. The molecule has 0 bridgehead atoms. The summed E-state index contributed by atoms with van der Waals surface area (Å²) in [5.41, 5.74) is 12.4. The first kappa shape index (κ1) is 9.06. The summed E-state index contributed by atoms with van der Waals surface area (Å²) in [6, 6.07) is 5.47. The molecule has 3 nitrogen and oxygen atoms in total. The number of aliphatic imine (C=N–C) groups is 1. The van der Waals surface area contributed by atoms with Crippen molar-refractivity contribution in [2.75, 3.05) is 5.73 Å². The normalized spacial score (nSPS) is 11.7. The molecule has 0 atom stereocenters. The van der Waals surface area contributed by atoms with Crippen molar-refractivity contribution in [3.8, 4) is 0 Å². The third kappa shape index (κ3) is 2.23. The first-order chi connectivity index (χ1) is 5.59. The highest BCUT2D eigenvalue weighted by atomic mass is 79.9. The summed E-state index contributed by atoms with van der Waals surface area (Å²) in [7, 11) is 0. The van der Waals surface area contributed by atoms with Crippen LogP contribution in [-0.4, -0.2) is 5.84 Å². The van der Waals surface area contributed by atoms with Gasteiger partial charge in [-0.3, -0.25) is 0 Å². The molecule has 64 valence electrons. The highest BCUT2D eigenvalue weighted by Gasteiger charge is 1.97. The van der Waals surface area contributed by atoms with Crippen molar-refractivity contribution in [2.24, 2.45) is 10.7 Å². The van der Waals surface area contributed by atoms with Crippen LogP contribution < -0.4 is 11.5 Å². The van der Waals surface area contributed by atoms with Crippen LogP contribution in [0.4, 0.5) is 11.4 Å². The van der Waals surface area contributed by atoms with Gasteiger partial charge in [-0.15, -0.1) is 0 Å². The molecule has 0 spiro atoms. The number of amidine groups is 1. The highest BCUT2D eigenvalue weighted by molar-refractivity contribution is 9.10. The maximum Gasteiger partial charge on any atom is 0.0965 e. The molecule has 1 rings (SSSR count). The Hall–Kier alpha value is -1.03. The van der Waals surface area contributed by atoms with Gasteiger partial charge in [0.1, 0.15) is 0 Å². The lowest BCUT2D eigenvalue weighted by atomic mass is 10.3. The van der Waals surface area contributed by atoms with Gasteiger partial charge in [0, 0.05) is 4.47 Å². The summed E-state index contributed by atoms with van der Waals surface area (Å²) in [5.74, 6) is 0.500. The molecule has 0 aromatic heterocycles. The number of hydrogen-bond acceptors (Lipinski definition) is 2. The second-order valence-corrected chi connectivity index (χ2v) is 3.37. The van der Waals surface area contributed by atoms with Gasteiger partial charge in [-0.1, -0.05) is 15.9 Å². The van der Waals surface area contributed by atoms with E-state index in [0.717, 1.165) is 4.47 Å². The zero-order valence-electron chi connectivity index (χ0n) is 6.71. The minimum absolute atomic E-state index is 0.500. The Morgan fingerprint density at radius 3 is 2.75 bits per heavy atom. The molecule has 0 aliphatic heterocycles. The minimum atomic E-state index is 0.500. The third-order valence-electron chi connectivity index (χ3n) is 1.29. The Labute approximate surface area is 79.6 Å². The van der Waals surface area contributed by atoms with E-state index >= 15 is 0 Å². The second-order valence-electron chi connectivity index (χ2n) is 2.46. The van der Waals surface area contributed by atoms with E-state index in [1.54, 1.807) is 13.0 Å². The molecule has 1 aromatic rings. The average molecular weight is 228 g/mol. The highest BCUT2D eigenvalue weighted by Crippen LogP contribution is 2.25. The van der Waals surface area contributed by atoms with Crippen molar-refractivity contribution in [1.29, 1.82) is 0 Å². The van der Waals surface area contributed by atoms with Gasteiger partial charge in [0.15, 0.2) is 0 Å². The Morgan fingerprint density at radius 1 is 1.50 bits per heavy atom. The number of rotatable bonds is 1. The van der Waals surface area contributed by atoms with E-state index < -0.39 is 0 Å². The lowest BCUT2D eigenvalue weighted by Crippen LogP contribution is -2.04. The van der Waals surface area contributed by atoms with Gasteiger partial charge in [0.05, 0.1) is 17.2 Å². The maximum atomic E-state index is 5.65. The lowest BCUT2D eigenvalue weighted by molar-refractivity contribution is 1.44. The zero-order valence-corrected chi connectivity index (χ0v) is 8.30. The summed E-state index contributed by atoms with van der Waals surface area (Å²) < 4.78 is 0.941. The van der Waals surface area contributed by atoms with Gasteiger partial charge >= 0.3 is 0 Å². The van der Waals surface area contributed by atoms with Crippen LogP contribution in [0.2, 0.25) is 0 Å². The molecule has 4 N–H and O–H groups in total.